The first-order valence-electron chi connectivity index (χ1n) is 11.7. The quantitative estimate of drug-likeness (QED) is 0.335. The summed E-state index contributed by atoms with van der Waals surface area (Å²) in [5.74, 6) is -1.29. The molecule has 3 aromatic rings. The van der Waals surface area contributed by atoms with Gasteiger partial charge in [0.25, 0.3) is 5.91 Å². The third-order valence-electron chi connectivity index (χ3n) is 5.47. The van der Waals surface area contributed by atoms with Gasteiger partial charge in [0.2, 0.25) is 5.91 Å². The lowest BCUT2D eigenvalue weighted by molar-refractivity contribution is -0.274. The van der Waals surface area contributed by atoms with Gasteiger partial charge in [-0.15, -0.1) is 13.2 Å². The van der Waals surface area contributed by atoms with Crippen LogP contribution >= 0.6 is 11.8 Å². The molecule has 6 nitrogen and oxygen atoms in total. The van der Waals surface area contributed by atoms with Crippen molar-refractivity contribution >= 4 is 46.2 Å². The molecule has 196 valence electrons. The number of alkyl halides is 3. The number of aliphatic imine (C=N–C) groups is 1. The van der Waals surface area contributed by atoms with Crippen molar-refractivity contribution in [2.24, 2.45) is 4.99 Å². The van der Waals surface area contributed by atoms with Crippen LogP contribution in [0.4, 0.5) is 24.5 Å². The molecule has 1 aliphatic rings. The highest BCUT2D eigenvalue weighted by Gasteiger charge is 2.33. The first-order valence-corrected chi connectivity index (χ1v) is 12.7. The Labute approximate surface area is 222 Å². The minimum Gasteiger partial charge on any atom is -0.404 e. The Morgan fingerprint density at radius 3 is 2.34 bits per heavy atom. The summed E-state index contributed by atoms with van der Waals surface area (Å²) < 4.78 is 42.1. The number of nitrogens with one attached hydrogen (secondary N) is 1. The molecule has 0 unspecified atom stereocenters. The molecule has 10 heteroatoms. The number of ether oxygens (including phenoxy) is 1. The number of carbonyl (C=O) groups excluding carboxylic acids is 2. The van der Waals surface area contributed by atoms with Gasteiger partial charge in [-0.1, -0.05) is 80.2 Å². The number of hydrogen-bond donors (Lipinski definition) is 1. The zero-order valence-corrected chi connectivity index (χ0v) is 21.3. The number of nitrogens with zero attached hydrogens (tertiary/aromatic N) is 2. The Balaban J connectivity index is 1.53. The second-order valence-electron chi connectivity index (χ2n) is 8.60. The van der Waals surface area contributed by atoms with Gasteiger partial charge < -0.3 is 10.1 Å². The van der Waals surface area contributed by atoms with Crippen LogP contribution < -0.4 is 15.0 Å². The SMILES string of the molecule is CC(C)c1ccc(C=C2N=C(SCC(=O)Nc3ccccc3OC(F)(F)F)N(c3ccccc3)C2=O)cc1. The van der Waals surface area contributed by atoms with E-state index < -0.39 is 18.0 Å². The van der Waals surface area contributed by atoms with Crippen LogP contribution in [0, 0.1) is 0 Å². The molecule has 3 aromatic carbocycles. The highest BCUT2D eigenvalue weighted by Crippen LogP contribution is 2.32. The third kappa shape index (κ3) is 6.83. The van der Waals surface area contributed by atoms with Gasteiger partial charge in [0.05, 0.1) is 17.1 Å². The molecule has 0 aromatic heterocycles. The van der Waals surface area contributed by atoms with Crippen molar-refractivity contribution in [3.05, 3.63) is 95.7 Å². The molecule has 0 saturated heterocycles. The van der Waals surface area contributed by atoms with Gasteiger partial charge in [0.1, 0.15) is 5.70 Å². The first kappa shape index (κ1) is 27.0. The monoisotopic (exact) mass is 539 g/mol. The van der Waals surface area contributed by atoms with Gasteiger partial charge >= 0.3 is 6.36 Å². The minimum absolute atomic E-state index is 0.120. The van der Waals surface area contributed by atoms with Gasteiger partial charge in [-0.25, -0.2) is 4.99 Å². The number of amidine groups is 1. The number of anilines is 2. The standard InChI is InChI=1S/C28H24F3N3O3S/c1-18(2)20-14-12-19(13-15-20)16-23-26(36)34(21-8-4-3-5-9-21)27(33-23)38-17-25(35)32-22-10-6-7-11-24(22)37-28(29,30)31/h3-16,18H,17H2,1-2H3,(H,32,35). The van der Waals surface area contributed by atoms with Crippen LogP contribution in [0.2, 0.25) is 0 Å². The van der Waals surface area contributed by atoms with E-state index in [4.69, 9.17) is 0 Å². The van der Waals surface area contributed by atoms with Crippen molar-refractivity contribution in [3.8, 4) is 5.75 Å². The number of para-hydroxylation sites is 3. The molecule has 1 N–H and O–H groups in total. The lowest BCUT2D eigenvalue weighted by atomic mass is 10.0. The lowest BCUT2D eigenvalue weighted by Gasteiger charge is -2.18. The van der Waals surface area contributed by atoms with Crippen LogP contribution in [0.3, 0.4) is 0 Å². The highest BCUT2D eigenvalue weighted by molar-refractivity contribution is 8.14. The van der Waals surface area contributed by atoms with Gasteiger partial charge in [-0.2, -0.15) is 0 Å². The number of rotatable bonds is 7. The molecule has 0 spiro atoms. The van der Waals surface area contributed by atoms with Crippen molar-refractivity contribution < 1.29 is 27.5 Å². The number of thioether (sulfide) groups is 1. The molecule has 2 amide bonds. The zero-order valence-electron chi connectivity index (χ0n) is 20.5. The Bertz CT molecular complexity index is 1370. The van der Waals surface area contributed by atoms with Crippen LogP contribution in [-0.2, 0) is 9.59 Å². The fourth-order valence-corrected chi connectivity index (χ4v) is 4.45. The van der Waals surface area contributed by atoms with E-state index in [1.54, 1.807) is 30.3 Å². The zero-order chi connectivity index (χ0) is 27.3. The predicted octanol–water partition coefficient (Wildman–Crippen LogP) is 6.82. The summed E-state index contributed by atoms with van der Waals surface area (Å²) in [6, 6.07) is 22.0. The Morgan fingerprint density at radius 1 is 1.03 bits per heavy atom. The lowest BCUT2D eigenvalue weighted by Crippen LogP contribution is -2.31. The van der Waals surface area contributed by atoms with Crippen LogP contribution in [0.1, 0.15) is 30.9 Å². The fourth-order valence-electron chi connectivity index (χ4n) is 3.63. The van der Waals surface area contributed by atoms with Crippen molar-refractivity contribution in [1.82, 2.24) is 0 Å². The summed E-state index contributed by atoms with van der Waals surface area (Å²) in [6.07, 6.45) is -3.22. The van der Waals surface area contributed by atoms with Crippen LogP contribution in [-0.4, -0.2) is 29.1 Å². The van der Waals surface area contributed by atoms with Crippen LogP contribution in [0.5, 0.6) is 5.75 Å². The molecule has 0 saturated carbocycles. The topological polar surface area (TPSA) is 71.0 Å². The van der Waals surface area contributed by atoms with Gasteiger partial charge in [0, 0.05) is 0 Å². The van der Waals surface area contributed by atoms with Crippen LogP contribution in [0.15, 0.2) is 89.6 Å². The maximum Gasteiger partial charge on any atom is 0.573 e. The van der Waals surface area contributed by atoms with Crippen molar-refractivity contribution in [1.29, 1.82) is 0 Å². The molecule has 0 bridgehead atoms. The summed E-state index contributed by atoms with van der Waals surface area (Å²) in [5.41, 5.74) is 2.64. The smallest absolute Gasteiger partial charge is 0.404 e. The first-order chi connectivity index (χ1) is 18.1. The second-order valence-corrected chi connectivity index (χ2v) is 9.54. The highest BCUT2D eigenvalue weighted by atomic mass is 32.2. The fraction of sp³-hybridized carbons (Fsp3) is 0.179. The summed E-state index contributed by atoms with van der Waals surface area (Å²) in [7, 11) is 0. The van der Waals surface area contributed by atoms with E-state index in [0.717, 1.165) is 23.4 Å². The van der Waals surface area contributed by atoms with E-state index in [9.17, 15) is 22.8 Å². The summed E-state index contributed by atoms with van der Waals surface area (Å²) >= 11 is 0.997. The van der Waals surface area contributed by atoms with E-state index in [0.29, 0.717) is 11.6 Å². The van der Waals surface area contributed by atoms with Crippen molar-refractivity contribution in [2.75, 3.05) is 16.0 Å². The summed E-state index contributed by atoms with van der Waals surface area (Å²) in [6.45, 7) is 4.19. The number of amides is 2. The van der Waals surface area contributed by atoms with E-state index in [-0.39, 0.29) is 28.2 Å². The largest absolute Gasteiger partial charge is 0.573 e. The molecule has 0 atom stereocenters. The molecule has 4 rings (SSSR count). The van der Waals surface area contributed by atoms with Crippen molar-refractivity contribution in [2.45, 2.75) is 26.1 Å². The maximum absolute atomic E-state index is 13.3. The van der Waals surface area contributed by atoms with Crippen molar-refractivity contribution in [3.63, 3.8) is 0 Å². The normalized spacial score (nSPS) is 14.7. The molecule has 38 heavy (non-hydrogen) atoms. The van der Waals surface area contributed by atoms with E-state index in [2.05, 4.69) is 28.9 Å². The average Bonchev–Trinajstić information content (AvgIpc) is 3.18. The van der Waals surface area contributed by atoms with Gasteiger partial charge in [0.15, 0.2) is 10.9 Å². The molecule has 0 fully saturated rings. The van der Waals surface area contributed by atoms with E-state index in [1.165, 1.54) is 28.7 Å². The minimum atomic E-state index is -4.90. The van der Waals surface area contributed by atoms with Gasteiger partial charge in [-0.05, 0) is 47.4 Å². The summed E-state index contributed by atoms with van der Waals surface area (Å²) in [4.78, 5) is 31.8. The third-order valence-corrected chi connectivity index (χ3v) is 6.41. The predicted molar refractivity (Wildman–Crippen MR) is 144 cm³/mol. The Hall–Kier alpha value is -4.05. The average molecular weight is 540 g/mol. The summed E-state index contributed by atoms with van der Waals surface area (Å²) in [5, 5.41) is 2.71. The van der Waals surface area contributed by atoms with Gasteiger partial charge in [-0.3, -0.25) is 14.5 Å². The van der Waals surface area contributed by atoms with Crippen LogP contribution in [0.25, 0.3) is 6.08 Å². The molecular weight excluding hydrogens is 515 g/mol. The Kier molecular flexibility index (Phi) is 8.21. The number of benzene rings is 3. The number of halogens is 3. The molecule has 0 radical (unpaired) electrons. The molecule has 0 aliphatic carbocycles. The number of carbonyl (C=O) groups is 2. The molecular formula is C28H24F3N3O3S. The molecule has 1 aliphatic heterocycles. The van der Waals surface area contributed by atoms with E-state index >= 15 is 0 Å². The Morgan fingerprint density at radius 2 is 1.68 bits per heavy atom. The number of hydrogen-bond acceptors (Lipinski definition) is 5. The maximum atomic E-state index is 13.3. The van der Waals surface area contributed by atoms with E-state index in [1.807, 2.05) is 30.3 Å². The molecule has 1 heterocycles. The second kappa shape index (κ2) is 11.6.